The molecule has 0 atom stereocenters. The third-order valence-corrected chi connectivity index (χ3v) is 4.50. The molecule has 26 heavy (non-hydrogen) atoms. The Balaban J connectivity index is 1.79. The van der Waals surface area contributed by atoms with Gasteiger partial charge in [0.2, 0.25) is 11.7 Å². The van der Waals surface area contributed by atoms with Gasteiger partial charge in [-0.2, -0.15) is 10.2 Å². The number of aryl methyl sites for hydroxylation is 2. The average molecular weight is 367 g/mol. The van der Waals surface area contributed by atoms with Crippen LogP contribution in [0.25, 0.3) is 11.4 Å². The summed E-state index contributed by atoms with van der Waals surface area (Å²) < 4.78 is 5.21. The van der Waals surface area contributed by atoms with Gasteiger partial charge in [0.15, 0.2) is 0 Å². The van der Waals surface area contributed by atoms with E-state index in [0.29, 0.717) is 27.8 Å². The van der Waals surface area contributed by atoms with E-state index in [4.69, 9.17) is 4.52 Å². The van der Waals surface area contributed by atoms with Gasteiger partial charge in [0, 0.05) is 23.4 Å². The minimum absolute atomic E-state index is 0.0404. The van der Waals surface area contributed by atoms with Crippen LogP contribution in [0.15, 0.2) is 39.9 Å². The van der Waals surface area contributed by atoms with Crippen LogP contribution in [0.3, 0.4) is 0 Å². The second-order valence-corrected chi connectivity index (χ2v) is 6.44. The molecule has 1 aromatic carbocycles. The molecular weight excluding hydrogens is 354 g/mol. The molecule has 130 valence electrons. The minimum atomic E-state index is -0.477. The van der Waals surface area contributed by atoms with Crippen LogP contribution in [-0.4, -0.2) is 20.0 Å². The predicted octanol–water partition coefficient (Wildman–Crippen LogP) is 3.82. The quantitative estimate of drug-likeness (QED) is 0.379. The van der Waals surface area contributed by atoms with Crippen molar-refractivity contribution < 1.29 is 9.45 Å². The third-order valence-electron chi connectivity index (χ3n) is 3.54. The fourth-order valence-corrected chi connectivity index (χ4v) is 3.30. The molecule has 0 aliphatic heterocycles. The number of hydrogen-bond acceptors (Lipinski definition) is 8. The van der Waals surface area contributed by atoms with Gasteiger partial charge in [-0.1, -0.05) is 29.1 Å². The van der Waals surface area contributed by atoms with E-state index in [1.54, 1.807) is 12.1 Å². The molecule has 0 aliphatic rings. The van der Waals surface area contributed by atoms with E-state index in [2.05, 4.69) is 21.2 Å². The van der Waals surface area contributed by atoms with Gasteiger partial charge in [0.1, 0.15) is 11.1 Å². The molecule has 0 spiro atoms. The normalized spacial score (nSPS) is 10.5. The van der Waals surface area contributed by atoms with Crippen molar-refractivity contribution in [3.63, 3.8) is 0 Å². The van der Waals surface area contributed by atoms with Crippen LogP contribution in [0.5, 0.6) is 0 Å². The van der Waals surface area contributed by atoms with Crippen LogP contribution in [0.1, 0.15) is 22.7 Å². The lowest BCUT2D eigenvalue weighted by atomic mass is 10.1. The first kappa shape index (κ1) is 17.6. The third kappa shape index (κ3) is 3.70. The molecule has 3 rings (SSSR count). The van der Waals surface area contributed by atoms with E-state index in [1.807, 2.05) is 19.9 Å². The molecule has 0 bridgehead atoms. The summed E-state index contributed by atoms with van der Waals surface area (Å²) in [5.41, 5.74) is 2.68. The van der Waals surface area contributed by atoms with Crippen molar-refractivity contribution in [3.8, 4) is 17.5 Å². The molecule has 0 saturated heterocycles. The van der Waals surface area contributed by atoms with Crippen molar-refractivity contribution in [1.29, 1.82) is 5.26 Å². The minimum Gasteiger partial charge on any atom is -0.338 e. The summed E-state index contributed by atoms with van der Waals surface area (Å²) in [5.74, 6) is 0.964. The highest BCUT2D eigenvalue weighted by atomic mass is 32.2. The maximum Gasteiger partial charge on any atom is 0.270 e. The Labute approximate surface area is 153 Å². The van der Waals surface area contributed by atoms with Gasteiger partial charge < -0.3 is 4.52 Å². The predicted molar refractivity (Wildman–Crippen MR) is 94.4 cm³/mol. The Bertz CT molecular complexity index is 1030. The van der Waals surface area contributed by atoms with Crippen LogP contribution < -0.4 is 0 Å². The van der Waals surface area contributed by atoms with Crippen LogP contribution in [0, 0.1) is 35.3 Å². The Morgan fingerprint density at radius 1 is 1.31 bits per heavy atom. The first-order valence-electron chi connectivity index (χ1n) is 7.56. The maximum atomic E-state index is 10.9. The molecular formula is C17H13N5O3S. The smallest absolute Gasteiger partial charge is 0.270 e. The van der Waals surface area contributed by atoms with E-state index in [0.717, 1.165) is 11.3 Å². The molecule has 0 amide bonds. The van der Waals surface area contributed by atoms with Gasteiger partial charge in [-0.3, -0.25) is 10.1 Å². The number of aromatic nitrogens is 3. The van der Waals surface area contributed by atoms with Crippen molar-refractivity contribution in [1.82, 2.24) is 15.1 Å². The Morgan fingerprint density at radius 2 is 2.12 bits per heavy atom. The van der Waals surface area contributed by atoms with Crippen molar-refractivity contribution in [2.75, 3.05) is 0 Å². The van der Waals surface area contributed by atoms with Gasteiger partial charge in [-0.05, 0) is 25.5 Å². The van der Waals surface area contributed by atoms with Gasteiger partial charge >= 0.3 is 0 Å². The Kier molecular flexibility index (Phi) is 4.95. The fraction of sp³-hybridized carbons (Fsp3) is 0.176. The van der Waals surface area contributed by atoms with Crippen molar-refractivity contribution in [3.05, 3.63) is 63.2 Å². The second kappa shape index (κ2) is 7.33. The number of hydrogen-bond donors (Lipinski definition) is 0. The monoisotopic (exact) mass is 367 g/mol. The average Bonchev–Trinajstić information content (AvgIpc) is 3.08. The zero-order chi connectivity index (χ0) is 18.7. The molecule has 2 aromatic heterocycles. The lowest BCUT2D eigenvalue weighted by Gasteiger charge is -2.05. The molecule has 0 radical (unpaired) electrons. The molecule has 0 unspecified atom stereocenters. The number of thioether (sulfide) groups is 1. The van der Waals surface area contributed by atoms with E-state index < -0.39 is 4.92 Å². The van der Waals surface area contributed by atoms with Crippen LogP contribution >= 0.6 is 11.8 Å². The first-order valence-corrected chi connectivity index (χ1v) is 8.55. The molecule has 3 aromatic rings. The molecule has 0 saturated carbocycles. The van der Waals surface area contributed by atoms with Gasteiger partial charge in [0.25, 0.3) is 5.69 Å². The van der Waals surface area contributed by atoms with E-state index in [9.17, 15) is 15.4 Å². The van der Waals surface area contributed by atoms with Crippen LogP contribution in [0.4, 0.5) is 5.69 Å². The van der Waals surface area contributed by atoms with Gasteiger partial charge in [-0.15, -0.1) is 0 Å². The lowest BCUT2D eigenvalue weighted by molar-refractivity contribution is -0.384. The van der Waals surface area contributed by atoms with Crippen LogP contribution in [0.2, 0.25) is 0 Å². The largest absolute Gasteiger partial charge is 0.338 e. The van der Waals surface area contributed by atoms with Gasteiger partial charge in [0.05, 0.1) is 16.2 Å². The highest BCUT2D eigenvalue weighted by Gasteiger charge is 2.15. The zero-order valence-electron chi connectivity index (χ0n) is 14.0. The number of non-ortho nitro benzene ring substituents is 1. The molecule has 0 N–H and O–H groups in total. The highest BCUT2D eigenvalue weighted by molar-refractivity contribution is 7.98. The van der Waals surface area contributed by atoms with E-state index in [1.165, 1.54) is 23.9 Å². The lowest BCUT2D eigenvalue weighted by Crippen LogP contribution is -1.95. The molecule has 8 nitrogen and oxygen atoms in total. The van der Waals surface area contributed by atoms with Crippen molar-refractivity contribution >= 4 is 17.4 Å². The van der Waals surface area contributed by atoms with Crippen LogP contribution in [-0.2, 0) is 5.75 Å². The molecule has 2 heterocycles. The number of nitro groups is 1. The number of nitro benzene ring substituents is 1. The number of nitrogens with zero attached hydrogens (tertiary/aromatic N) is 5. The van der Waals surface area contributed by atoms with E-state index >= 15 is 0 Å². The fourth-order valence-electron chi connectivity index (χ4n) is 2.36. The number of benzene rings is 1. The number of rotatable bonds is 5. The Hall–Kier alpha value is -3.25. The highest BCUT2D eigenvalue weighted by Crippen LogP contribution is 2.27. The summed E-state index contributed by atoms with van der Waals surface area (Å²) in [6.07, 6.45) is 0. The molecule has 0 fully saturated rings. The summed E-state index contributed by atoms with van der Waals surface area (Å²) in [6.45, 7) is 3.73. The molecule has 9 heteroatoms. The summed E-state index contributed by atoms with van der Waals surface area (Å²) in [6, 6.07) is 10.0. The topological polar surface area (TPSA) is 119 Å². The Morgan fingerprint density at radius 3 is 2.85 bits per heavy atom. The van der Waals surface area contributed by atoms with Crippen molar-refractivity contribution in [2.24, 2.45) is 0 Å². The maximum absolute atomic E-state index is 10.9. The SMILES string of the molecule is Cc1cc(C)c(C#N)c(SCc2nc(-c3cccc([N+](=O)[O-])c3)no2)n1. The van der Waals surface area contributed by atoms with Crippen molar-refractivity contribution in [2.45, 2.75) is 24.6 Å². The number of pyridine rings is 1. The second-order valence-electron chi connectivity index (χ2n) is 5.48. The molecule has 0 aliphatic carbocycles. The summed E-state index contributed by atoms with van der Waals surface area (Å²) in [5, 5.41) is 24.7. The van der Waals surface area contributed by atoms with Gasteiger partial charge in [-0.25, -0.2) is 4.98 Å². The summed E-state index contributed by atoms with van der Waals surface area (Å²) in [4.78, 5) is 19.0. The summed E-state index contributed by atoms with van der Waals surface area (Å²) in [7, 11) is 0. The number of nitriles is 1. The standard InChI is InChI=1S/C17H13N5O3S/c1-10-6-11(2)19-17(14(10)8-18)26-9-15-20-16(21-25-15)12-4-3-5-13(7-12)22(23)24/h3-7H,9H2,1-2H3. The first-order chi connectivity index (χ1) is 12.5. The van der Waals surface area contributed by atoms with E-state index in [-0.39, 0.29) is 11.5 Å². The summed E-state index contributed by atoms with van der Waals surface area (Å²) >= 11 is 1.33. The zero-order valence-corrected chi connectivity index (χ0v) is 14.8.